The van der Waals surface area contributed by atoms with Crippen LogP contribution >= 0.6 is 0 Å². The third-order valence-corrected chi connectivity index (χ3v) is 6.83. The molecule has 0 amide bonds. The van der Waals surface area contributed by atoms with Crippen molar-refractivity contribution in [1.29, 1.82) is 0 Å². The summed E-state index contributed by atoms with van der Waals surface area (Å²) >= 11 is 0. The summed E-state index contributed by atoms with van der Waals surface area (Å²) in [5.41, 5.74) is 2.34. The van der Waals surface area contributed by atoms with Crippen LogP contribution in [0.15, 0.2) is 59.8 Å². The standard InChI is InChI=1S/C22H26N2O6S/c25-21(26)9-4-2-1-3-8-20-17-10-11-18(15-17)22(20)23-31(29,30)13-12-16-6-5-7-19(14-16)24(27)28/h1,3,5-7,10-11,14,17-18,23H,2,4,8-9,12-13,15H2,(H,25,26). The summed E-state index contributed by atoms with van der Waals surface area (Å²) in [4.78, 5) is 21.0. The molecule has 1 aromatic carbocycles. The van der Waals surface area contributed by atoms with E-state index in [1.807, 2.05) is 18.2 Å². The number of carbonyl (C=O) groups is 1. The van der Waals surface area contributed by atoms with Crippen LogP contribution in [0.1, 0.15) is 37.7 Å². The molecule has 0 radical (unpaired) electrons. The van der Waals surface area contributed by atoms with Crippen molar-refractivity contribution in [3.05, 3.63) is 75.5 Å². The van der Waals surface area contributed by atoms with E-state index < -0.39 is 20.9 Å². The number of benzene rings is 1. The third-order valence-electron chi connectivity index (χ3n) is 5.56. The van der Waals surface area contributed by atoms with Gasteiger partial charge in [0.25, 0.3) is 5.69 Å². The van der Waals surface area contributed by atoms with E-state index in [0.29, 0.717) is 24.8 Å². The average molecular weight is 447 g/mol. The Labute approximate surface area is 181 Å². The molecule has 0 aliphatic heterocycles. The normalized spacial score (nSPS) is 20.0. The molecular weight excluding hydrogens is 420 g/mol. The van der Waals surface area contributed by atoms with Gasteiger partial charge in [0.1, 0.15) is 0 Å². The predicted octanol–water partition coefficient (Wildman–Crippen LogP) is 3.72. The zero-order valence-corrected chi connectivity index (χ0v) is 17.9. The summed E-state index contributed by atoms with van der Waals surface area (Å²) in [6.45, 7) is 0. The van der Waals surface area contributed by atoms with Gasteiger partial charge in [-0.15, -0.1) is 0 Å². The molecule has 2 N–H and O–H groups in total. The molecular formula is C22H26N2O6S. The molecule has 9 heteroatoms. The number of sulfonamides is 1. The fraction of sp³-hybridized carbons (Fsp3) is 0.409. The number of fused-ring (bicyclic) bond motifs is 2. The highest BCUT2D eigenvalue weighted by Crippen LogP contribution is 2.44. The number of nitrogens with one attached hydrogen (secondary N) is 1. The fourth-order valence-electron chi connectivity index (χ4n) is 4.01. The molecule has 166 valence electrons. The van der Waals surface area contributed by atoms with Crippen molar-refractivity contribution in [3.8, 4) is 0 Å². The van der Waals surface area contributed by atoms with Gasteiger partial charge in [-0.25, -0.2) is 8.42 Å². The largest absolute Gasteiger partial charge is 0.481 e. The minimum Gasteiger partial charge on any atom is -0.481 e. The van der Waals surface area contributed by atoms with E-state index in [-0.39, 0.29) is 36.1 Å². The molecule has 0 aromatic heterocycles. The monoisotopic (exact) mass is 446 g/mol. The molecule has 0 saturated carbocycles. The molecule has 2 aliphatic carbocycles. The predicted molar refractivity (Wildman–Crippen MR) is 117 cm³/mol. The minimum atomic E-state index is -3.60. The molecule has 2 unspecified atom stereocenters. The lowest BCUT2D eigenvalue weighted by molar-refractivity contribution is -0.384. The number of allylic oxidation sites excluding steroid dienone is 5. The van der Waals surface area contributed by atoms with Crippen LogP contribution in [0.3, 0.4) is 0 Å². The van der Waals surface area contributed by atoms with Crippen molar-refractivity contribution in [3.63, 3.8) is 0 Å². The summed E-state index contributed by atoms with van der Waals surface area (Å²) in [5, 5.41) is 19.6. The Morgan fingerprint density at radius 3 is 2.77 bits per heavy atom. The number of hydrogen-bond acceptors (Lipinski definition) is 5. The Morgan fingerprint density at radius 2 is 2.03 bits per heavy atom. The molecule has 0 heterocycles. The van der Waals surface area contributed by atoms with Crippen LogP contribution in [-0.4, -0.2) is 30.2 Å². The van der Waals surface area contributed by atoms with Crippen molar-refractivity contribution in [2.45, 2.75) is 38.5 Å². The van der Waals surface area contributed by atoms with Gasteiger partial charge in [-0.3, -0.25) is 19.6 Å². The molecule has 31 heavy (non-hydrogen) atoms. The Kier molecular flexibility index (Phi) is 7.27. The van der Waals surface area contributed by atoms with E-state index in [4.69, 9.17) is 5.11 Å². The van der Waals surface area contributed by atoms with Gasteiger partial charge in [-0.2, -0.15) is 0 Å². The van der Waals surface area contributed by atoms with Crippen LogP contribution in [0.5, 0.6) is 0 Å². The summed E-state index contributed by atoms with van der Waals surface area (Å²) in [6.07, 6.45) is 11.1. The van der Waals surface area contributed by atoms with Crippen molar-refractivity contribution in [1.82, 2.24) is 4.72 Å². The van der Waals surface area contributed by atoms with Crippen molar-refractivity contribution in [2.24, 2.45) is 11.8 Å². The molecule has 2 bridgehead atoms. The van der Waals surface area contributed by atoms with E-state index in [1.54, 1.807) is 12.1 Å². The first-order valence-corrected chi connectivity index (χ1v) is 11.9. The van der Waals surface area contributed by atoms with E-state index in [0.717, 1.165) is 17.7 Å². The van der Waals surface area contributed by atoms with Gasteiger partial charge < -0.3 is 5.11 Å². The smallest absolute Gasteiger partial charge is 0.303 e. The maximum absolute atomic E-state index is 12.7. The first kappa shape index (κ1) is 22.7. The van der Waals surface area contributed by atoms with Crippen LogP contribution in [0.25, 0.3) is 0 Å². The Morgan fingerprint density at radius 1 is 1.26 bits per heavy atom. The van der Waals surface area contributed by atoms with Crippen molar-refractivity contribution in [2.75, 3.05) is 5.75 Å². The summed E-state index contributed by atoms with van der Waals surface area (Å²) in [7, 11) is -3.60. The van der Waals surface area contributed by atoms with Crippen molar-refractivity contribution >= 4 is 21.7 Å². The Bertz CT molecular complexity index is 1040. The van der Waals surface area contributed by atoms with Gasteiger partial charge in [0.2, 0.25) is 10.0 Å². The van der Waals surface area contributed by atoms with Crippen molar-refractivity contribution < 1.29 is 23.2 Å². The highest BCUT2D eigenvalue weighted by molar-refractivity contribution is 7.89. The zero-order valence-electron chi connectivity index (χ0n) is 17.1. The topological polar surface area (TPSA) is 127 Å². The number of non-ortho nitro benzene ring substituents is 1. The molecule has 8 nitrogen and oxygen atoms in total. The number of carboxylic acids is 1. The molecule has 2 aliphatic rings. The van der Waals surface area contributed by atoms with Gasteiger partial charge >= 0.3 is 5.97 Å². The number of nitro benzene ring substituents is 1. The van der Waals surface area contributed by atoms with Crippen LogP contribution in [-0.2, 0) is 21.2 Å². The second-order valence-electron chi connectivity index (χ2n) is 7.83. The van der Waals surface area contributed by atoms with E-state index >= 15 is 0 Å². The average Bonchev–Trinajstić information content (AvgIpc) is 3.31. The van der Waals surface area contributed by atoms with Crippen LogP contribution < -0.4 is 4.72 Å². The second-order valence-corrected chi connectivity index (χ2v) is 9.67. The summed E-state index contributed by atoms with van der Waals surface area (Å²) in [5.74, 6) is -0.677. The maximum atomic E-state index is 12.7. The minimum absolute atomic E-state index is 0.0544. The molecule has 3 rings (SSSR count). The number of hydrogen-bond donors (Lipinski definition) is 2. The SMILES string of the molecule is O=C(O)CCCC=CCC1=C(NS(=O)(=O)CCc2cccc([N+](=O)[O-])c2)C2C=CC1C2. The molecule has 1 aromatic rings. The van der Waals surface area contributed by atoms with E-state index in [1.165, 1.54) is 12.1 Å². The van der Waals surface area contributed by atoms with Gasteiger partial charge in [-0.1, -0.05) is 36.4 Å². The molecule has 0 saturated heterocycles. The van der Waals surface area contributed by atoms with Gasteiger partial charge in [0.05, 0.1) is 10.7 Å². The van der Waals surface area contributed by atoms with Crippen LogP contribution in [0.4, 0.5) is 5.69 Å². The lowest BCUT2D eigenvalue weighted by Crippen LogP contribution is -2.29. The lowest BCUT2D eigenvalue weighted by Gasteiger charge is -2.17. The number of unbranched alkanes of at least 4 members (excludes halogenated alkanes) is 1. The summed E-state index contributed by atoms with van der Waals surface area (Å²) in [6, 6.07) is 6.01. The third kappa shape index (κ3) is 6.27. The first-order chi connectivity index (χ1) is 14.7. The van der Waals surface area contributed by atoms with Gasteiger partial charge in [0, 0.05) is 36.1 Å². The lowest BCUT2D eigenvalue weighted by atomic mass is 9.98. The Hall–Kier alpha value is -2.94. The number of nitro groups is 1. The number of carboxylic acid groups (broad SMARTS) is 1. The zero-order chi connectivity index (χ0) is 22.4. The van der Waals surface area contributed by atoms with Gasteiger partial charge in [0.15, 0.2) is 0 Å². The fourth-order valence-corrected chi connectivity index (χ4v) is 5.23. The quantitative estimate of drug-likeness (QED) is 0.218. The van der Waals surface area contributed by atoms with Crippen LogP contribution in [0.2, 0.25) is 0 Å². The Balaban J connectivity index is 1.61. The van der Waals surface area contributed by atoms with E-state index in [2.05, 4.69) is 10.8 Å². The number of rotatable bonds is 12. The highest BCUT2D eigenvalue weighted by Gasteiger charge is 2.36. The molecule has 0 fully saturated rings. The number of aryl methyl sites for hydroxylation is 1. The van der Waals surface area contributed by atoms with Crippen LogP contribution in [0, 0.1) is 22.0 Å². The summed E-state index contributed by atoms with van der Waals surface area (Å²) < 4.78 is 28.2. The molecule has 2 atom stereocenters. The van der Waals surface area contributed by atoms with Gasteiger partial charge in [-0.05, 0) is 43.2 Å². The maximum Gasteiger partial charge on any atom is 0.303 e. The number of nitrogens with zero attached hydrogens (tertiary/aromatic N) is 1. The first-order valence-electron chi connectivity index (χ1n) is 10.3. The second kappa shape index (κ2) is 9.91. The highest BCUT2D eigenvalue weighted by atomic mass is 32.2. The number of aliphatic carboxylic acids is 1. The van der Waals surface area contributed by atoms with E-state index in [9.17, 15) is 23.3 Å². The molecule has 0 spiro atoms.